The summed E-state index contributed by atoms with van der Waals surface area (Å²) in [7, 11) is -4.17. The SMILES string of the molecule is CCCC(=O)Nc1cc2nc(CCC)n(Cc3ccc(-c4ccccc4S(=O)(=O)NC(=O)OCCC(C)C)cc3)c2nc1C. The molecule has 0 bridgehead atoms. The van der Waals surface area contributed by atoms with E-state index in [2.05, 4.69) is 16.8 Å². The molecule has 0 aliphatic carbocycles. The quantitative estimate of drug-likeness (QED) is 0.172. The van der Waals surface area contributed by atoms with Crippen LogP contribution in [0, 0.1) is 12.8 Å². The number of sulfonamides is 1. The highest BCUT2D eigenvalue weighted by atomic mass is 32.2. The third kappa shape index (κ3) is 8.02. The normalized spacial score (nSPS) is 11.6. The molecule has 0 aliphatic heterocycles. The van der Waals surface area contributed by atoms with Crippen LogP contribution < -0.4 is 10.0 Å². The molecule has 2 heterocycles. The maximum atomic E-state index is 13.1. The molecule has 4 aromatic rings. The Balaban J connectivity index is 1.58. The van der Waals surface area contributed by atoms with Crippen LogP contribution in [-0.2, 0) is 32.5 Å². The number of hydrogen-bond donors (Lipinski definition) is 2. The van der Waals surface area contributed by atoms with Crippen LogP contribution in [0.5, 0.6) is 0 Å². The van der Waals surface area contributed by atoms with Gasteiger partial charge in [-0.1, -0.05) is 70.2 Å². The molecule has 0 spiro atoms. The second-order valence-corrected chi connectivity index (χ2v) is 12.9. The Morgan fingerprint density at radius 2 is 1.73 bits per heavy atom. The number of carbonyl (C=O) groups is 2. The van der Waals surface area contributed by atoms with E-state index in [0.717, 1.165) is 47.5 Å². The molecule has 44 heavy (non-hydrogen) atoms. The second-order valence-electron chi connectivity index (χ2n) is 11.2. The topological polar surface area (TPSA) is 132 Å². The van der Waals surface area contributed by atoms with Gasteiger partial charge < -0.3 is 14.6 Å². The number of aryl methyl sites for hydroxylation is 2. The molecule has 2 N–H and O–H groups in total. The summed E-state index contributed by atoms with van der Waals surface area (Å²) in [5.74, 6) is 1.18. The van der Waals surface area contributed by atoms with Crippen LogP contribution in [0.15, 0.2) is 59.5 Å². The summed E-state index contributed by atoms with van der Waals surface area (Å²) in [5, 5.41) is 2.95. The predicted octanol–water partition coefficient (Wildman–Crippen LogP) is 6.61. The number of fused-ring (bicyclic) bond motifs is 1. The Bertz CT molecular complexity index is 1730. The molecular formula is C33H41N5O5S. The van der Waals surface area contributed by atoms with Crippen molar-refractivity contribution >= 4 is 38.9 Å². The maximum absolute atomic E-state index is 13.1. The lowest BCUT2D eigenvalue weighted by Gasteiger charge is -2.13. The van der Waals surface area contributed by atoms with Gasteiger partial charge in [-0.15, -0.1) is 0 Å². The van der Waals surface area contributed by atoms with Crippen LogP contribution in [0.1, 0.15) is 70.5 Å². The highest BCUT2D eigenvalue weighted by Crippen LogP contribution is 2.29. The third-order valence-corrected chi connectivity index (χ3v) is 8.51. The molecule has 0 saturated carbocycles. The Morgan fingerprint density at radius 1 is 1.00 bits per heavy atom. The molecule has 4 rings (SSSR count). The number of pyridine rings is 1. The molecule has 11 heteroatoms. The van der Waals surface area contributed by atoms with Crippen molar-refractivity contribution in [1.29, 1.82) is 0 Å². The standard InChI is InChI=1S/C33H41N5O5S/c1-6-10-30-35-28-20-27(36-31(39)11-7-2)23(5)34-32(28)38(30)21-24-14-16-25(17-15-24)26-12-8-9-13-29(26)44(41,42)37-33(40)43-19-18-22(3)4/h8-9,12-17,20,22H,6-7,10-11,18-19,21H2,1-5H3,(H,36,39)(H,37,40). The molecule has 0 unspecified atom stereocenters. The molecule has 0 saturated heterocycles. The van der Waals surface area contributed by atoms with Gasteiger partial charge in [-0.2, -0.15) is 0 Å². The van der Waals surface area contributed by atoms with Gasteiger partial charge in [0.25, 0.3) is 10.0 Å². The van der Waals surface area contributed by atoms with E-state index in [9.17, 15) is 18.0 Å². The molecule has 10 nitrogen and oxygen atoms in total. The van der Waals surface area contributed by atoms with Crippen molar-refractivity contribution in [2.24, 2.45) is 5.92 Å². The van der Waals surface area contributed by atoms with Gasteiger partial charge in [0.2, 0.25) is 5.91 Å². The van der Waals surface area contributed by atoms with Gasteiger partial charge in [-0.25, -0.2) is 27.9 Å². The first-order valence-electron chi connectivity index (χ1n) is 15.1. The third-order valence-electron chi connectivity index (χ3n) is 7.14. The number of amides is 2. The number of ether oxygens (including phenoxy) is 1. The Morgan fingerprint density at radius 3 is 2.41 bits per heavy atom. The highest BCUT2D eigenvalue weighted by molar-refractivity contribution is 7.90. The first kappa shape index (κ1) is 32.7. The smallest absolute Gasteiger partial charge is 0.421 e. The van der Waals surface area contributed by atoms with E-state index < -0.39 is 16.1 Å². The number of rotatable bonds is 13. The summed E-state index contributed by atoms with van der Waals surface area (Å²) in [6.45, 7) is 10.6. The fraction of sp³-hybridized carbons (Fsp3) is 0.394. The van der Waals surface area contributed by atoms with Gasteiger partial charge in [0.15, 0.2) is 5.65 Å². The number of carbonyl (C=O) groups excluding carboxylic acids is 2. The second kappa shape index (κ2) is 14.5. The first-order valence-corrected chi connectivity index (χ1v) is 16.5. The van der Waals surface area contributed by atoms with Gasteiger partial charge >= 0.3 is 6.09 Å². The van der Waals surface area contributed by atoms with Gasteiger partial charge in [0.1, 0.15) is 11.3 Å². The molecule has 0 atom stereocenters. The predicted molar refractivity (Wildman–Crippen MR) is 172 cm³/mol. The van der Waals surface area contributed by atoms with E-state index in [1.807, 2.05) is 62.7 Å². The zero-order chi connectivity index (χ0) is 31.9. The zero-order valence-electron chi connectivity index (χ0n) is 26.0. The molecular weight excluding hydrogens is 578 g/mol. The zero-order valence-corrected chi connectivity index (χ0v) is 26.8. The average Bonchev–Trinajstić information content (AvgIpc) is 3.28. The van der Waals surface area contributed by atoms with Crippen LogP contribution >= 0.6 is 0 Å². The van der Waals surface area contributed by atoms with Crippen LogP contribution in [0.2, 0.25) is 0 Å². The number of nitrogens with one attached hydrogen (secondary N) is 2. The summed E-state index contributed by atoms with van der Waals surface area (Å²) in [6.07, 6.45) is 2.53. The monoisotopic (exact) mass is 619 g/mol. The fourth-order valence-corrected chi connectivity index (χ4v) is 5.95. The average molecular weight is 620 g/mol. The lowest BCUT2D eigenvalue weighted by Crippen LogP contribution is -2.31. The molecule has 0 fully saturated rings. The summed E-state index contributed by atoms with van der Waals surface area (Å²) in [6, 6.07) is 16.0. The fourth-order valence-electron chi connectivity index (χ4n) is 4.82. The van der Waals surface area contributed by atoms with Crippen LogP contribution in [0.4, 0.5) is 10.5 Å². The van der Waals surface area contributed by atoms with Crippen LogP contribution in [0.25, 0.3) is 22.3 Å². The summed E-state index contributed by atoms with van der Waals surface area (Å²) < 4.78 is 35.4. The minimum Gasteiger partial charge on any atom is -0.449 e. The minimum absolute atomic E-state index is 0.0131. The maximum Gasteiger partial charge on any atom is 0.421 e. The van der Waals surface area contributed by atoms with Crippen molar-refractivity contribution in [3.05, 3.63) is 71.7 Å². The molecule has 234 valence electrons. The van der Waals surface area contributed by atoms with E-state index >= 15 is 0 Å². The molecule has 2 aromatic carbocycles. The number of aromatic nitrogens is 3. The summed E-state index contributed by atoms with van der Waals surface area (Å²) in [4.78, 5) is 34.0. The molecule has 0 radical (unpaired) electrons. The van der Waals surface area contributed by atoms with Crippen molar-refractivity contribution in [1.82, 2.24) is 19.3 Å². The van der Waals surface area contributed by atoms with Gasteiger partial charge in [-0.05, 0) is 55.4 Å². The summed E-state index contributed by atoms with van der Waals surface area (Å²) in [5.41, 5.74) is 4.99. The van der Waals surface area contributed by atoms with Crippen molar-refractivity contribution in [2.45, 2.75) is 78.2 Å². The van der Waals surface area contributed by atoms with E-state index in [1.165, 1.54) is 6.07 Å². The Kier molecular flexibility index (Phi) is 10.7. The number of anilines is 1. The van der Waals surface area contributed by atoms with Crippen molar-refractivity contribution < 1.29 is 22.7 Å². The van der Waals surface area contributed by atoms with Crippen molar-refractivity contribution in [2.75, 3.05) is 11.9 Å². The Labute approximate surface area is 259 Å². The number of hydrogen-bond acceptors (Lipinski definition) is 7. The molecule has 2 aromatic heterocycles. The van der Waals surface area contributed by atoms with Crippen LogP contribution in [-0.4, -0.2) is 41.6 Å². The number of benzene rings is 2. The molecule has 0 aliphatic rings. The van der Waals surface area contributed by atoms with Crippen LogP contribution in [0.3, 0.4) is 0 Å². The van der Waals surface area contributed by atoms with E-state index in [4.69, 9.17) is 14.7 Å². The van der Waals surface area contributed by atoms with E-state index in [1.54, 1.807) is 18.2 Å². The van der Waals surface area contributed by atoms with E-state index in [-0.39, 0.29) is 17.4 Å². The van der Waals surface area contributed by atoms with Crippen molar-refractivity contribution in [3.63, 3.8) is 0 Å². The van der Waals surface area contributed by atoms with Gasteiger partial charge in [0, 0.05) is 18.4 Å². The largest absolute Gasteiger partial charge is 0.449 e. The summed E-state index contributed by atoms with van der Waals surface area (Å²) >= 11 is 0. The Hall–Kier alpha value is -4.25. The van der Waals surface area contributed by atoms with Crippen molar-refractivity contribution in [3.8, 4) is 11.1 Å². The number of nitrogens with zero attached hydrogens (tertiary/aromatic N) is 3. The highest BCUT2D eigenvalue weighted by Gasteiger charge is 2.23. The van der Waals surface area contributed by atoms with Gasteiger partial charge in [-0.3, -0.25) is 4.79 Å². The minimum atomic E-state index is -4.17. The lowest BCUT2D eigenvalue weighted by molar-refractivity contribution is -0.116. The lowest BCUT2D eigenvalue weighted by atomic mass is 10.0. The molecule has 2 amide bonds. The first-order chi connectivity index (χ1) is 21.0. The van der Waals surface area contributed by atoms with Gasteiger partial charge in [0.05, 0.1) is 29.4 Å². The number of imidazole rings is 1. The van der Waals surface area contributed by atoms with E-state index in [0.29, 0.717) is 42.1 Å².